The Morgan fingerprint density at radius 3 is 1.37 bits per heavy atom. The van der Waals surface area contributed by atoms with E-state index in [1.165, 1.54) is 33.4 Å². The molecule has 4 aromatic carbocycles. The first kappa shape index (κ1) is 23.1. The SMILES string of the molecule is N#Cc1ccnc(-c2ccc3c(c2)-c2cc(-c4cc(C#N)ccn4)ccc2C32c3ccccc3-c3ccccc32)c1. The lowest BCUT2D eigenvalue weighted by atomic mass is 9.70. The van der Waals surface area contributed by atoms with E-state index in [0.29, 0.717) is 11.1 Å². The Kier molecular flexibility index (Phi) is 4.83. The van der Waals surface area contributed by atoms with Crippen molar-refractivity contribution in [3.63, 3.8) is 0 Å². The Balaban J connectivity index is 1.45. The molecule has 0 amide bonds. The van der Waals surface area contributed by atoms with Crippen LogP contribution in [0.2, 0.25) is 0 Å². The average Bonchev–Trinajstić information content (AvgIpc) is 3.51. The minimum Gasteiger partial charge on any atom is -0.256 e. The van der Waals surface area contributed by atoms with Gasteiger partial charge in [0.05, 0.1) is 40.1 Å². The largest absolute Gasteiger partial charge is 0.256 e. The number of benzene rings is 4. The summed E-state index contributed by atoms with van der Waals surface area (Å²) in [5.74, 6) is 0. The zero-order valence-corrected chi connectivity index (χ0v) is 21.8. The minimum absolute atomic E-state index is 0.460. The fourth-order valence-corrected chi connectivity index (χ4v) is 6.78. The lowest BCUT2D eigenvalue weighted by Crippen LogP contribution is -2.25. The van der Waals surface area contributed by atoms with Crippen molar-refractivity contribution in [1.82, 2.24) is 9.97 Å². The lowest BCUT2D eigenvalue weighted by Gasteiger charge is -2.30. The van der Waals surface area contributed by atoms with E-state index < -0.39 is 5.41 Å². The minimum atomic E-state index is -0.460. The van der Waals surface area contributed by atoms with E-state index in [4.69, 9.17) is 0 Å². The van der Waals surface area contributed by atoms with E-state index in [9.17, 15) is 10.5 Å². The molecule has 0 saturated carbocycles. The summed E-state index contributed by atoms with van der Waals surface area (Å²) < 4.78 is 0. The van der Waals surface area contributed by atoms with Crippen LogP contribution in [0.4, 0.5) is 0 Å². The summed E-state index contributed by atoms with van der Waals surface area (Å²) in [6, 6.07) is 42.1. The molecule has 41 heavy (non-hydrogen) atoms. The quantitative estimate of drug-likeness (QED) is 0.232. The number of aromatic nitrogens is 2. The standard InChI is InChI=1S/C37H20N4/c38-21-23-13-15-40-35(17-23)25-9-11-33-29(19-25)30-20-26(36-18-24(22-39)14-16-41-36)10-12-34(30)37(33)31-7-3-1-5-27(31)28-6-2-4-8-32(28)37/h1-20H. The predicted octanol–water partition coefficient (Wildman–Crippen LogP) is 7.90. The predicted molar refractivity (Wildman–Crippen MR) is 159 cm³/mol. The molecule has 6 aromatic rings. The molecule has 2 heterocycles. The zero-order chi connectivity index (χ0) is 27.6. The van der Waals surface area contributed by atoms with E-state index in [1.807, 2.05) is 12.1 Å². The van der Waals surface area contributed by atoms with Gasteiger partial charge in [0.15, 0.2) is 0 Å². The van der Waals surface area contributed by atoms with Crippen LogP contribution in [-0.2, 0) is 5.41 Å². The van der Waals surface area contributed by atoms with Gasteiger partial charge >= 0.3 is 0 Å². The van der Waals surface area contributed by atoms with Gasteiger partial charge in [-0.3, -0.25) is 9.97 Å². The normalized spacial score (nSPS) is 13.0. The van der Waals surface area contributed by atoms with Crippen molar-refractivity contribution in [3.05, 3.63) is 155 Å². The third kappa shape index (κ3) is 3.13. The summed E-state index contributed by atoms with van der Waals surface area (Å²) in [5, 5.41) is 19.0. The highest BCUT2D eigenvalue weighted by Crippen LogP contribution is 2.63. The van der Waals surface area contributed by atoms with Gasteiger partial charge in [-0.25, -0.2) is 0 Å². The maximum atomic E-state index is 9.49. The average molecular weight is 521 g/mol. The van der Waals surface area contributed by atoms with Crippen LogP contribution in [0.5, 0.6) is 0 Å². The molecule has 2 aliphatic rings. The summed E-state index contributed by atoms with van der Waals surface area (Å²) in [6.45, 7) is 0. The third-order valence-corrected chi connectivity index (χ3v) is 8.46. The van der Waals surface area contributed by atoms with Crippen molar-refractivity contribution >= 4 is 0 Å². The summed E-state index contributed by atoms with van der Waals surface area (Å²) in [6.07, 6.45) is 3.37. The van der Waals surface area contributed by atoms with Crippen LogP contribution in [0.25, 0.3) is 44.8 Å². The number of pyridine rings is 2. The zero-order valence-electron chi connectivity index (χ0n) is 21.8. The molecule has 2 aromatic heterocycles. The molecular formula is C37H20N4. The number of nitriles is 2. The number of hydrogen-bond donors (Lipinski definition) is 0. The molecule has 0 saturated heterocycles. The Morgan fingerprint density at radius 1 is 0.463 bits per heavy atom. The molecule has 4 nitrogen and oxygen atoms in total. The van der Waals surface area contributed by atoms with Gasteiger partial charge in [0.2, 0.25) is 0 Å². The maximum Gasteiger partial charge on any atom is 0.0992 e. The lowest BCUT2D eigenvalue weighted by molar-refractivity contribution is 0.794. The summed E-state index contributed by atoms with van der Waals surface area (Å²) in [4.78, 5) is 9.18. The van der Waals surface area contributed by atoms with Crippen molar-refractivity contribution < 1.29 is 0 Å². The van der Waals surface area contributed by atoms with Gasteiger partial charge in [-0.15, -0.1) is 0 Å². The molecular weight excluding hydrogens is 500 g/mol. The van der Waals surface area contributed by atoms with Gasteiger partial charge in [0.25, 0.3) is 0 Å². The molecule has 0 aliphatic heterocycles. The molecule has 8 rings (SSSR count). The van der Waals surface area contributed by atoms with Crippen LogP contribution in [0, 0.1) is 22.7 Å². The van der Waals surface area contributed by atoms with E-state index in [0.717, 1.165) is 33.6 Å². The molecule has 0 atom stereocenters. The van der Waals surface area contributed by atoms with Crippen LogP contribution in [0.15, 0.2) is 122 Å². The van der Waals surface area contributed by atoms with Gasteiger partial charge < -0.3 is 0 Å². The number of hydrogen-bond acceptors (Lipinski definition) is 4. The van der Waals surface area contributed by atoms with E-state index in [2.05, 4.69) is 107 Å². The van der Waals surface area contributed by atoms with Gasteiger partial charge in [0.1, 0.15) is 0 Å². The molecule has 0 radical (unpaired) electrons. The summed E-state index contributed by atoms with van der Waals surface area (Å²) in [7, 11) is 0. The summed E-state index contributed by atoms with van der Waals surface area (Å²) >= 11 is 0. The topological polar surface area (TPSA) is 73.4 Å². The number of nitrogens with zero attached hydrogens (tertiary/aromatic N) is 4. The molecule has 0 unspecified atom stereocenters. The van der Waals surface area contributed by atoms with Crippen molar-refractivity contribution in [2.45, 2.75) is 5.41 Å². The van der Waals surface area contributed by atoms with Crippen LogP contribution in [0.3, 0.4) is 0 Å². The Morgan fingerprint density at radius 2 is 0.902 bits per heavy atom. The van der Waals surface area contributed by atoms with Crippen LogP contribution >= 0.6 is 0 Å². The second kappa shape index (κ2) is 8.58. The Bertz CT molecular complexity index is 1990. The van der Waals surface area contributed by atoms with Crippen molar-refractivity contribution in [2.24, 2.45) is 0 Å². The van der Waals surface area contributed by atoms with Crippen LogP contribution in [0.1, 0.15) is 33.4 Å². The molecule has 1 spiro atoms. The van der Waals surface area contributed by atoms with Crippen molar-refractivity contribution in [2.75, 3.05) is 0 Å². The summed E-state index contributed by atoms with van der Waals surface area (Å²) in [5.41, 5.74) is 13.9. The Labute approximate surface area is 237 Å². The third-order valence-electron chi connectivity index (χ3n) is 8.46. The van der Waals surface area contributed by atoms with Gasteiger partial charge in [-0.1, -0.05) is 72.8 Å². The molecule has 0 fully saturated rings. The highest BCUT2D eigenvalue weighted by atomic mass is 14.7. The smallest absolute Gasteiger partial charge is 0.0992 e. The first-order valence-electron chi connectivity index (χ1n) is 13.4. The highest BCUT2D eigenvalue weighted by Gasteiger charge is 2.51. The molecule has 0 N–H and O–H groups in total. The second-order valence-corrected chi connectivity index (χ2v) is 10.4. The first-order valence-corrected chi connectivity index (χ1v) is 13.4. The fraction of sp³-hybridized carbons (Fsp3) is 0.0270. The number of fused-ring (bicyclic) bond motifs is 10. The number of rotatable bonds is 2. The Hall–Kier alpha value is -5.84. The molecule has 2 aliphatic carbocycles. The molecule has 0 bridgehead atoms. The van der Waals surface area contributed by atoms with E-state index in [-0.39, 0.29) is 0 Å². The van der Waals surface area contributed by atoms with Crippen molar-refractivity contribution in [1.29, 1.82) is 10.5 Å². The first-order chi connectivity index (χ1) is 20.2. The van der Waals surface area contributed by atoms with Gasteiger partial charge in [-0.2, -0.15) is 10.5 Å². The van der Waals surface area contributed by atoms with E-state index >= 15 is 0 Å². The second-order valence-electron chi connectivity index (χ2n) is 10.4. The fourth-order valence-electron chi connectivity index (χ4n) is 6.78. The van der Waals surface area contributed by atoms with Gasteiger partial charge in [-0.05, 0) is 80.9 Å². The molecule has 188 valence electrons. The van der Waals surface area contributed by atoms with Crippen LogP contribution < -0.4 is 0 Å². The maximum absolute atomic E-state index is 9.49. The molecule has 4 heteroatoms. The van der Waals surface area contributed by atoms with Crippen LogP contribution in [-0.4, -0.2) is 9.97 Å². The van der Waals surface area contributed by atoms with Crippen molar-refractivity contribution in [3.8, 4) is 56.9 Å². The van der Waals surface area contributed by atoms with E-state index in [1.54, 1.807) is 24.5 Å². The monoisotopic (exact) mass is 520 g/mol. The van der Waals surface area contributed by atoms with Gasteiger partial charge in [0, 0.05) is 23.5 Å². The highest BCUT2D eigenvalue weighted by molar-refractivity contribution is 5.96.